The molecule has 2 amide bonds. The summed E-state index contributed by atoms with van der Waals surface area (Å²) < 4.78 is 5.31. The van der Waals surface area contributed by atoms with Crippen LogP contribution in [0.5, 0.6) is 5.75 Å². The molecule has 1 unspecified atom stereocenters. The van der Waals surface area contributed by atoms with E-state index in [0.717, 1.165) is 37.8 Å². The van der Waals surface area contributed by atoms with Crippen molar-refractivity contribution in [1.29, 1.82) is 0 Å². The average Bonchev–Trinajstić information content (AvgIpc) is 3.43. The second-order valence-corrected chi connectivity index (χ2v) is 9.29. The van der Waals surface area contributed by atoms with Gasteiger partial charge in [-0.15, -0.1) is 0 Å². The zero-order valence-corrected chi connectivity index (χ0v) is 19.4. The normalized spacial score (nSPS) is 20.2. The van der Waals surface area contributed by atoms with Gasteiger partial charge in [0.1, 0.15) is 11.0 Å². The van der Waals surface area contributed by atoms with Crippen LogP contribution in [0, 0.1) is 0 Å². The number of carbonyl (C=O) groups is 2. The number of amides is 2. The minimum Gasteiger partial charge on any atom is -0.495 e. The number of para-hydroxylation sites is 2. The molecule has 1 aliphatic heterocycles. The number of anilines is 1. The first-order valence-electron chi connectivity index (χ1n) is 11.2. The van der Waals surface area contributed by atoms with Crippen molar-refractivity contribution in [3.63, 3.8) is 0 Å². The number of methoxy groups -OCH3 is 1. The molecule has 2 aromatic carbocycles. The zero-order valence-electron chi connectivity index (χ0n) is 18.5. The van der Waals surface area contributed by atoms with Crippen molar-refractivity contribution in [2.75, 3.05) is 12.4 Å². The minimum absolute atomic E-state index is 0.0130. The Morgan fingerprint density at radius 3 is 2.56 bits per heavy atom. The van der Waals surface area contributed by atoms with Crippen LogP contribution in [-0.4, -0.2) is 40.3 Å². The number of ether oxygens (including phenoxy) is 1. The predicted molar refractivity (Wildman–Crippen MR) is 130 cm³/mol. The average molecular weight is 452 g/mol. The maximum Gasteiger partial charge on any atom is 0.242 e. The zero-order chi connectivity index (χ0) is 22.5. The van der Waals surface area contributed by atoms with Gasteiger partial charge in [0, 0.05) is 12.5 Å². The molecule has 1 saturated heterocycles. The summed E-state index contributed by atoms with van der Waals surface area (Å²) in [4.78, 5) is 32.7. The van der Waals surface area contributed by atoms with Gasteiger partial charge >= 0.3 is 0 Å². The Morgan fingerprint density at radius 2 is 1.88 bits per heavy atom. The first-order chi connectivity index (χ1) is 15.6. The van der Waals surface area contributed by atoms with E-state index in [1.807, 2.05) is 29.2 Å². The Balaban J connectivity index is 1.52. The van der Waals surface area contributed by atoms with Crippen molar-refractivity contribution in [2.24, 2.45) is 4.99 Å². The van der Waals surface area contributed by atoms with Gasteiger partial charge in [-0.25, -0.2) is 4.99 Å². The van der Waals surface area contributed by atoms with Crippen LogP contribution in [0.1, 0.15) is 44.6 Å². The van der Waals surface area contributed by atoms with Crippen LogP contribution < -0.4 is 10.1 Å². The molecule has 1 atom stereocenters. The van der Waals surface area contributed by atoms with Crippen molar-refractivity contribution in [3.05, 3.63) is 54.1 Å². The lowest BCUT2D eigenvalue weighted by molar-refractivity contribution is -0.129. The van der Waals surface area contributed by atoms with Crippen LogP contribution in [0.4, 0.5) is 11.4 Å². The summed E-state index contributed by atoms with van der Waals surface area (Å²) in [6.45, 7) is 2.12. The van der Waals surface area contributed by atoms with E-state index in [0.29, 0.717) is 16.6 Å². The van der Waals surface area contributed by atoms with E-state index >= 15 is 0 Å². The predicted octanol–water partition coefficient (Wildman–Crippen LogP) is 5.16. The third kappa shape index (κ3) is 4.99. The summed E-state index contributed by atoms with van der Waals surface area (Å²) in [7, 11) is 1.57. The van der Waals surface area contributed by atoms with Gasteiger partial charge in [-0.05, 0) is 49.1 Å². The Labute approximate surface area is 193 Å². The van der Waals surface area contributed by atoms with Crippen molar-refractivity contribution in [1.82, 2.24) is 4.90 Å². The molecule has 0 spiro atoms. The fourth-order valence-corrected chi connectivity index (χ4v) is 5.44. The van der Waals surface area contributed by atoms with Crippen molar-refractivity contribution in [2.45, 2.75) is 56.7 Å². The maximum absolute atomic E-state index is 13.3. The van der Waals surface area contributed by atoms with Gasteiger partial charge in [-0.3, -0.25) is 14.5 Å². The lowest BCUT2D eigenvalue weighted by atomic mass is 10.1. The van der Waals surface area contributed by atoms with Crippen molar-refractivity contribution in [3.8, 4) is 5.75 Å². The van der Waals surface area contributed by atoms with Gasteiger partial charge in [0.15, 0.2) is 5.17 Å². The molecule has 1 N–H and O–H groups in total. The van der Waals surface area contributed by atoms with Crippen molar-refractivity contribution >= 4 is 40.1 Å². The van der Waals surface area contributed by atoms with Crippen LogP contribution in [0.3, 0.4) is 0 Å². The van der Waals surface area contributed by atoms with Gasteiger partial charge < -0.3 is 10.1 Å². The molecule has 0 aromatic heterocycles. The smallest absolute Gasteiger partial charge is 0.242 e. The molecule has 7 heteroatoms. The molecule has 6 nitrogen and oxygen atoms in total. The number of carbonyl (C=O) groups excluding carboxylic acids is 2. The number of amidine groups is 1. The highest BCUT2D eigenvalue weighted by Gasteiger charge is 2.43. The highest BCUT2D eigenvalue weighted by molar-refractivity contribution is 8.15. The highest BCUT2D eigenvalue weighted by atomic mass is 32.2. The molecular weight excluding hydrogens is 422 g/mol. The summed E-state index contributed by atoms with van der Waals surface area (Å²) in [5.41, 5.74) is 2.69. The third-order valence-electron chi connectivity index (χ3n) is 5.98. The van der Waals surface area contributed by atoms with E-state index in [9.17, 15) is 9.59 Å². The third-order valence-corrected chi connectivity index (χ3v) is 7.13. The molecule has 1 heterocycles. The SMILES string of the molecule is CCc1ccc(N=C2SC(CC(=O)Nc3ccccc3OC)C(=O)N2C2CCCC2)cc1. The topological polar surface area (TPSA) is 71.0 Å². The van der Waals surface area contributed by atoms with Crippen LogP contribution in [0.15, 0.2) is 53.5 Å². The number of hydrogen-bond acceptors (Lipinski definition) is 5. The second kappa shape index (κ2) is 10.2. The minimum atomic E-state index is -0.473. The summed E-state index contributed by atoms with van der Waals surface area (Å²) >= 11 is 1.40. The molecule has 2 aromatic rings. The van der Waals surface area contributed by atoms with Crippen molar-refractivity contribution < 1.29 is 14.3 Å². The number of aryl methyl sites for hydroxylation is 1. The number of hydrogen-bond donors (Lipinski definition) is 1. The van der Waals surface area contributed by atoms with Crippen LogP contribution >= 0.6 is 11.8 Å². The van der Waals surface area contributed by atoms with E-state index in [1.165, 1.54) is 17.3 Å². The Kier molecular flexibility index (Phi) is 7.15. The first-order valence-corrected chi connectivity index (χ1v) is 12.1. The Hall–Kier alpha value is -2.80. The van der Waals surface area contributed by atoms with Crippen LogP contribution in [0.25, 0.3) is 0 Å². The lowest BCUT2D eigenvalue weighted by Gasteiger charge is -2.23. The molecule has 1 aliphatic carbocycles. The van der Waals surface area contributed by atoms with E-state index < -0.39 is 5.25 Å². The number of benzene rings is 2. The van der Waals surface area contributed by atoms with Gasteiger partial charge in [0.25, 0.3) is 0 Å². The molecule has 4 rings (SSSR count). The molecule has 1 saturated carbocycles. The molecule has 0 bridgehead atoms. The molecule has 2 aliphatic rings. The molecular formula is C25H29N3O3S. The number of thioether (sulfide) groups is 1. The lowest BCUT2D eigenvalue weighted by Crippen LogP contribution is -2.40. The summed E-state index contributed by atoms with van der Waals surface area (Å²) in [6, 6.07) is 15.6. The fourth-order valence-electron chi connectivity index (χ4n) is 4.23. The monoisotopic (exact) mass is 451 g/mol. The summed E-state index contributed by atoms with van der Waals surface area (Å²) in [5, 5.41) is 3.12. The largest absolute Gasteiger partial charge is 0.495 e. The molecule has 2 fully saturated rings. The van der Waals surface area contributed by atoms with Gasteiger partial charge in [-0.2, -0.15) is 0 Å². The maximum atomic E-state index is 13.3. The molecule has 0 radical (unpaired) electrons. The van der Waals surface area contributed by atoms with Crippen LogP contribution in [-0.2, 0) is 16.0 Å². The van der Waals surface area contributed by atoms with E-state index in [4.69, 9.17) is 9.73 Å². The quantitative estimate of drug-likeness (QED) is 0.631. The van der Waals surface area contributed by atoms with Gasteiger partial charge in [0.05, 0.1) is 18.5 Å². The Morgan fingerprint density at radius 1 is 1.16 bits per heavy atom. The number of nitrogens with one attached hydrogen (secondary N) is 1. The first kappa shape index (κ1) is 22.4. The van der Waals surface area contributed by atoms with Crippen LogP contribution in [0.2, 0.25) is 0 Å². The number of nitrogens with zero attached hydrogens (tertiary/aromatic N) is 2. The number of rotatable bonds is 7. The second-order valence-electron chi connectivity index (χ2n) is 8.12. The van der Waals surface area contributed by atoms with E-state index in [-0.39, 0.29) is 24.3 Å². The summed E-state index contributed by atoms with van der Waals surface area (Å²) in [6.07, 6.45) is 5.29. The summed E-state index contributed by atoms with van der Waals surface area (Å²) in [5.74, 6) is 0.373. The standard InChI is InChI=1S/C25H29N3O3S/c1-3-17-12-14-18(15-13-17)26-25-28(19-8-4-5-9-19)24(30)22(32-25)16-23(29)27-20-10-6-7-11-21(20)31-2/h6-7,10-15,19,22H,3-5,8-9,16H2,1-2H3,(H,27,29). The molecule has 32 heavy (non-hydrogen) atoms. The fraction of sp³-hybridized carbons (Fsp3) is 0.400. The number of aliphatic imine (C=N–C) groups is 1. The Bertz CT molecular complexity index is 1000. The van der Waals surface area contributed by atoms with Gasteiger partial charge in [-0.1, -0.05) is 55.8 Å². The molecule has 168 valence electrons. The van der Waals surface area contributed by atoms with Gasteiger partial charge in [0.2, 0.25) is 11.8 Å². The highest BCUT2D eigenvalue weighted by Crippen LogP contribution is 2.37. The van der Waals surface area contributed by atoms with E-state index in [2.05, 4.69) is 24.4 Å². The van der Waals surface area contributed by atoms with E-state index in [1.54, 1.807) is 19.2 Å².